The van der Waals surface area contributed by atoms with Crippen molar-refractivity contribution in [1.29, 1.82) is 5.26 Å². The second kappa shape index (κ2) is 8.52. The fourth-order valence-corrected chi connectivity index (χ4v) is 3.38. The summed E-state index contributed by atoms with van der Waals surface area (Å²) in [4.78, 5) is 17.0. The molecule has 4 nitrogen and oxygen atoms in total. The van der Waals surface area contributed by atoms with Gasteiger partial charge >= 0.3 is 0 Å². The number of methoxy groups -OCH3 is 1. The number of hydrogen-bond acceptors (Lipinski definition) is 5. The van der Waals surface area contributed by atoms with Crippen molar-refractivity contribution >= 4 is 17.5 Å². The van der Waals surface area contributed by atoms with Gasteiger partial charge in [-0.25, -0.2) is 4.98 Å². The van der Waals surface area contributed by atoms with Crippen molar-refractivity contribution in [2.45, 2.75) is 11.9 Å². The fourth-order valence-electron chi connectivity index (χ4n) is 2.51. The number of nitrogens with zero attached hydrogens (tertiary/aromatic N) is 2. The van der Waals surface area contributed by atoms with Crippen LogP contribution in [0.4, 0.5) is 0 Å². The molecule has 0 aliphatic rings. The molecule has 0 saturated carbocycles. The zero-order chi connectivity index (χ0) is 19.2. The van der Waals surface area contributed by atoms with Crippen molar-refractivity contribution in [1.82, 2.24) is 4.98 Å². The Morgan fingerprint density at radius 2 is 1.78 bits per heavy atom. The highest BCUT2D eigenvalue weighted by Crippen LogP contribution is 2.27. The van der Waals surface area contributed by atoms with E-state index in [-0.39, 0.29) is 11.5 Å². The number of benzene rings is 2. The van der Waals surface area contributed by atoms with E-state index in [1.165, 1.54) is 11.8 Å². The molecule has 0 spiro atoms. The summed E-state index contributed by atoms with van der Waals surface area (Å²) in [6.45, 7) is 1.98. The van der Waals surface area contributed by atoms with Crippen molar-refractivity contribution in [3.63, 3.8) is 0 Å². The summed E-state index contributed by atoms with van der Waals surface area (Å²) in [6.07, 6.45) is 0. The normalized spacial score (nSPS) is 10.3. The van der Waals surface area contributed by atoms with Gasteiger partial charge in [-0.05, 0) is 43.3 Å². The number of rotatable bonds is 6. The Kier molecular flexibility index (Phi) is 5.90. The Morgan fingerprint density at radius 1 is 1.07 bits per heavy atom. The molecule has 27 heavy (non-hydrogen) atoms. The Bertz CT molecular complexity index is 990. The maximum absolute atomic E-state index is 12.4. The molecule has 0 N–H and O–H groups in total. The SMILES string of the molecule is COc1ccc(-c2ccc(C#N)c(SCC(=O)c3ccc(C)cc3)n2)cc1. The van der Waals surface area contributed by atoms with E-state index in [2.05, 4.69) is 11.1 Å². The quantitative estimate of drug-likeness (QED) is 0.453. The van der Waals surface area contributed by atoms with E-state index in [1.807, 2.05) is 61.5 Å². The van der Waals surface area contributed by atoms with Gasteiger partial charge in [0.15, 0.2) is 5.78 Å². The smallest absolute Gasteiger partial charge is 0.173 e. The van der Waals surface area contributed by atoms with E-state index in [1.54, 1.807) is 13.2 Å². The monoisotopic (exact) mass is 374 g/mol. The first-order valence-corrected chi connectivity index (χ1v) is 9.37. The molecule has 0 saturated heterocycles. The first kappa shape index (κ1) is 18.7. The van der Waals surface area contributed by atoms with Gasteiger partial charge in [0, 0.05) is 11.1 Å². The van der Waals surface area contributed by atoms with Crippen LogP contribution in [0.3, 0.4) is 0 Å². The largest absolute Gasteiger partial charge is 0.497 e. The number of aromatic nitrogens is 1. The Morgan fingerprint density at radius 3 is 2.41 bits per heavy atom. The van der Waals surface area contributed by atoms with E-state index in [9.17, 15) is 10.1 Å². The van der Waals surface area contributed by atoms with Gasteiger partial charge in [-0.15, -0.1) is 0 Å². The molecule has 0 unspecified atom stereocenters. The van der Waals surface area contributed by atoms with E-state index < -0.39 is 0 Å². The minimum atomic E-state index is 0.0144. The average Bonchev–Trinajstić information content (AvgIpc) is 2.72. The molecule has 0 amide bonds. The number of thioether (sulfide) groups is 1. The van der Waals surface area contributed by atoms with Gasteiger partial charge in [-0.1, -0.05) is 41.6 Å². The molecule has 2 aromatic carbocycles. The molecule has 0 aliphatic heterocycles. The van der Waals surface area contributed by atoms with Gasteiger partial charge in [0.2, 0.25) is 0 Å². The molecule has 0 fully saturated rings. The molecule has 0 atom stereocenters. The van der Waals surface area contributed by atoms with Crippen LogP contribution in [0.2, 0.25) is 0 Å². The number of aryl methyl sites for hydroxylation is 1. The fraction of sp³-hybridized carbons (Fsp3) is 0.136. The van der Waals surface area contributed by atoms with Crippen LogP contribution in [0.5, 0.6) is 5.75 Å². The molecule has 1 aromatic heterocycles. The molecule has 5 heteroatoms. The summed E-state index contributed by atoms with van der Waals surface area (Å²) >= 11 is 1.29. The summed E-state index contributed by atoms with van der Waals surface area (Å²) < 4.78 is 5.17. The molecule has 134 valence electrons. The van der Waals surface area contributed by atoms with Gasteiger partial charge in [-0.2, -0.15) is 5.26 Å². The highest BCUT2D eigenvalue weighted by atomic mass is 32.2. The van der Waals surface area contributed by atoms with E-state index in [0.29, 0.717) is 16.2 Å². The third kappa shape index (κ3) is 4.55. The molecule has 3 aromatic rings. The molecular weight excluding hydrogens is 356 g/mol. The van der Waals surface area contributed by atoms with Crippen molar-refractivity contribution in [3.05, 3.63) is 77.4 Å². The second-order valence-electron chi connectivity index (χ2n) is 5.97. The minimum Gasteiger partial charge on any atom is -0.497 e. The molecule has 3 rings (SSSR count). The van der Waals surface area contributed by atoms with Gasteiger partial charge in [-0.3, -0.25) is 4.79 Å². The topological polar surface area (TPSA) is 63.0 Å². The summed E-state index contributed by atoms with van der Waals surface area (Å²) in [5.74, 6) is 1.02. The first-order chi connectivity index (χ1) is 13.1. The van der Waals surface area contributed by atoms with Gasteiger partial charge in [0.05, 0.1) is 24.1 Å². The summed E-state index contributed by atoms with van der Waals surface area (Å²) in [7, 11) is 1.62. The third-order valence-electron chi connectivity index (χ3n) is 4.08. The number of carbonyl (C=O) groups excluding carboxylic acids is 1. The standard InChI is InChI=1S/C22H18N2O2S/c1-15-3-5-17(6-4-15)21(25)14-27-22-18(13-23)9-12-20(24-22)16-7-10-19(26-2)11-8-16/h3-12H,14H2,1-2H3. The average molecular weight is 374 g/mol. The number of hydrogen-bond donors (Lipinski definition) is 0. The minimum absolute atomic E-state index is 0.0144. The Balaban J connectivity index is 1.80. The van der Waals surface area contributed by atoms with Gasteiger partial charge in [0.1, 0.15) is 16.8 Å². The number of ketones is 1. The molecular formula is C22H18N2O2S. The lowest BCUT2D eigenvalue weighted by Crippen LogP contribution is -2.03. The zero-order valence-electron chi connectivity index (χ0n) is 15.1. The molecule has 0 bridgehead atoms. The summed E-state index contributed by atoms with van der Waals surface area (Å²) in [5, 5.41) is 9.92. The Labute approximate surface area is 162 Å². The maximum Gasteiger partial charge on any atom is 0.173 e. The predicted molar refractivity (Wildman–Crippen MR) is 107 cm³/mol. The van der Waals surface area contributed by atoms with Crippen molar-refractivity contribution in [2.24, 2.45) is 0 Å². The maximum atomic E-state index is 12.4. The van der Waals surface area contributed by atoms with Crippen LogP contribution in [0.15, 0.2) is 65.7 Å². The van der Waals surface area contributed by atoms with Crippen molar-refractivity contribution in [3.8, 4) is 23.1 Å². The predicted octanol–water partition coefficient (Wildman–Crippen LogP) is 4.91. The molecule has 0 aliphatic carbocycles. The third-order valence-corrected chi connectivity index (χ3v) is 5.07. The van der Waals surface area contributed by atoms with E-state index >= 15 is 0 Å². The van der Waals surface area contributed by atoms with Crippen LogP contribution >= 0.6 is 11.8 Å². The molecule has 1 heterocycles. The highest BCUT2D eigenvalue weighted by Gasteiger charge is 2.12. The van der Waals surface area contributed by atoms with Crippen LogP contribution in [-0.2, 0) is 0 Å². The lowest BCUT2D eigenvalue weighted by Gasteiger charge is -2.07. The number of Topliss-reactive ketones (excluding diaryl/α,β-unsaturated/α-hetero) is 1. The lowest BCUT2D eigenvalue weighted by atomic mass is 10.1. The number of nitriles is 1. The van der Waals surface area contributed by atoms with Crippen molar-refractivity contribution < 1.29 is 9.53 Å². The number of carbonyl (C=O) groups is 1. The molecule has 0 radical (unpaired) electrons. The van der Waals surface area contributed by atoms with E-state index in [0.717, 1.165) is 22.6 Å². The van der Waals surface area contributed by atoms with E-state index in [4.69, 9.17) is 4.74 Å². The van der Waals surface area contributed by atoms with Crippen LogP contribution in [-0.4, -0.2) is 23.6 Å². The zero-order valence-corrected chi connectivity index (χ0v) is 15.9. The van der Waals surface area contributed by atoms with Crippen LogP contribution in [0.1, 0.15) is 21.5 Å². The van der Waals surface area contributed by atoms with Crippen LogP contribution in [0.25, 0.3) is 11.3 Å². The second-order valence-corrected chi connectivity index (χ2v) is 6.93. The lowest BCUT2D eigenvalue weighted by molar-refractivity contribution is 0.102. The number of ether oxygens (including phenoxy) is 1. The summed E-state index contributed by atoms with van der Waals surface area (Å²) in [5.41, 5.74) is 3.92. The van der Waals surface area contributed by atoms with Crippen molar-refractivity contribution in [2.75, 3.05) is 12.9 Å². The summed E-state index contributed by atoms with van der Waals surface area (Å²) in [6, 6.07) is 20.7. The van der Waals surface area contributed by atoms with Gasteiger partial charge in [0.25, 0.3) is 0 Å². The Hall–Kier alpha value is -3.10. The highest BCUT2D eigenvalue weighted by molar-refractivity contribution is 8.00. The van der Waals surface area contributed by atoms with Gasteiger partial charge < -0.3 is 4.74 Å². The van der Waals surface area contributed by atoms with Crippen LogP contribution < -0.4 is 4.74 Å². The van der Waals surface area contributed by atoms with Crippen LogP contribution in [0, 0.1) is 18.3 Å². The number of pyridine rings is 1. The first-order valence-electron chi connectivity index (χ1n) is 8.39.